The van der Waals surface area contributed by atoms with Crippen molar-refractivity contribution in [3.05, 3.63) is 54.6 Å². The number of anilines is 1. The van der Waals surface area contributed by atoms with Crippen molar-refractivity contribution in [3.8, 4) is 17.0 Å². The molecule has 26 heavy (non-hydrogen) atoms. The molecule has 0 saturated carbocycles. The van der Waals surface area contributed by atoms with Gasteiger partial charge in [-0.15, -0.1) is 0 Å². The smallest absolute Gasteiger partial charge is 0.118 e. The Labute approximate surface area is 154 Å². The van der Waals surface area contributed by atoms with Gasteiger partial charge in [-0.25, -0.2) is 4.98 Å². The van der Waals surface area contributed by atoms with Crippen molar-refractivity contribution < 1.29 is 4.74 Å². The predicted molar refractivity (Wildman–Crippen MR) is 108 cm³/mol. The maximum Gasteiger partial charge on any atom is 0.118 e. The number of ether oxygens (including phenoxy) is 1. The molecule has 2 N–H and O–H groups in total. The fourth-order valence-electron chi connectivity index (χ4n) is 3.58. The number of piperidine rings is 1. The van der Waals surface area contributed by atoms with Crippen molar-refractivity contribution in [1.29, 1.82) is 0 Å². The molecule has 4 rings (SSSR count). The molecule has 2 aromatic carbocycles. The number of aromatic nitrogens is 1. The summed E-state index contributed by atoms with van der Waals surface area (Å²) in [6.07, 6.45) is 2.55. The number of para-hydroxylation sites is 1. The van der Waals surface area contributed by atoms with Crippen LogP contribution in [0.4, 0.5) is 5.69 Å². The zero-order valence-electron chi connectivity index (χ0n) is 15.2. The largest absolute Gasteiger partial charge is 0.497 e. The summed E-state index contributed by atoms with van der Waals surface area (Å²) in [5.74, 6) is 1.54. The second kappa shape index (κ2) is 7.75. The molecule has 1 saturated heterocycles. The molecule has 134 valence electrons. The van der Waals surface area contributed by atoms with Gasteiger partial charge in [-0.1, -0.05) is 18.2 Å². The molecule has 1 aliphatic heterocycles. The highest BCUT2D eigenvalue weighted by molar-refractivity contribution is 5.93. The van der Waals surface area contributed by atoms with Crippen LogP contribution in [0.1, 0.15) is 12.8 Å². The third-order valence-electron chi connectivity index (χ3n) is 5.08. The van der Waals surface area contributed by atoms with Crippen LogP contribution >= 0.6 is 0 Å². The van der Waals surface area contributed by atoms with E-state index >= 15 is 0 Å². The highest BCUT2D eigenvalue weighted by Crippen LogP contribution is 2.29. The molecule has 4 nitrogen and oxygen atoms in total. The van der Waals surface area contributed by atoms with Gasteiger partial charge in [0, 0.05) is 23.2 Å². The van der Waals surface area contributed by atoms with E-state index in [2.05, 4.69) is 47.0 Å². The maximum atomic E-state index is 5.27. The van der Waals surface area contributed by atoms with Gasteiger partial charge < -0.3 is 15.4 Å². The highest BCUT2D eigenvalue weighted by atomic mass is 16.5. The van der Waals surface area contributed by atoms with E-state index in [0.717, 1.165) is 47.8 Å². The lowest BCUT2D eigenvalue weighted by atomic mass is 9.99. The molecule has 0 spiro atoms. The number of hydrogen-bond acceptors (Lipinski definition) is 4. The first kappa shape index (κ1) is 16.9. The minimum absolute atomic E-state index is 0.681. The van der Waals surface area contributed by atoms with E-state index in [1.165, 1.54) is 18.2 Å². The second-order valence-corrected chi connectivity index (χ2v) is 6.89. The lowest BCUT2D eigenvalue weighted by molar-refractivity contribution is 0.393. The molecular weight excluding hydrogens is 322 g/mol. The lowest BCUT2D eigenvalue weighted by Gasteiger charge is -2.24. The summed E-state index contributed by atoms with van der Waals surface area (Å²) in [5, 5.41) is 8.35. The topological polar surface area (TPSA) is 46.2 Å². The van der Waals surface area contributed by atoms with Crippen LogP contribution in [0.2, 0.25) is 0 Å². The summed E-state index contributed by atoms with van der Waals surface area (Å²) in [7, 11) is 1.69. The number of rotatable bonds is 5. The predicted octanol–water partition coefficient (Wildman–Crippen LogP) is 4.32. The Kier molecular flexibility index (Phi) is 5.02. The molecule has 2 heterocycles. The van der Waals surface area contributed by atoms with Crippen molar-refractivity contribution in [1.82, 2.24) is 10.3 Å². The molecule has 1 aliphatic rings. The Balaban J connectivity index is 1.65. The van der Waals surface area contributed by atoms with Gasteiger partial charge in [0.1, 0.15) is 5.75 Å². The molecule has 1 fully saturated rings. The van der Waals surface area contributed by atoms with Gasteiger partial charge in [-0.2, -0.15) is 0 Å². The van der Waals surface area contributed by atoms with Gasteiger partial charge >= 0.3 is 0 Å². The van der Waals surface area contributed by atoms with Crippen molar-refractivity contribution in [2.75, 3.05) is 32.1 Å². The van der Waals surface area contributed by atoms with Crippen LogP contribution in [0, 0.1) is 5.92 Å². The van der Waals surface area contributed by atoms with Crippen molar-refractivity contribution in [2.24, 2.45) is 5.92 Å². The van der Waals surface area contributed by atoms with Gasteiger partial charge in [0.05, 0.1) is 18.3 Å². The number of hydrogen-bond donors (Lipinski definition) is 2. The maximum absolute atomic E-state index is 5.27. The molecule has 0 bridgehead atoms. The van der Waals surface area contributed by atoms with Crippen molar-refractivity contribution in [2.45, 2.75) is 12.8 Å². The summed E-state index contributed by atoms with van der Waals surface area (Å²) >= 11 is 0. The number of fused-ring (bicyclic) bond motifs is 1. The van der Waals surface area contributed by atoms with Crippen LogP contribution in [0.15, 0.2) is 54.6 Å². The van der Waals surface area contributed by atoms with Gasteiger partial charge in [-0.3, -0.25) is 0 Å². The molecule has 3 aromatic rings. The number of pyridine rings is 1. The first-order valence-electron chi connectivity index (χ1n) is 9.32. The Bertz CT molecular complexity index is 870. The van der Waals surface area contributed by atoms with Gasteiger partial charge in [-0.05, 0) is 68.2 Å². The number of benzene rings is 2. The minimum atomic E-state index is 0.681. The summed E-state index contributed by atoms with van der Waals surface area (Å²) < 4.78 is 5.27. The molecule has 0 radical (unpaired) electrons. The number of methoxy groups -OCH3 is 1. The quantitative estimate of drug-likeness (QED) is 0.721. The SMILES string of the molecule is COc1ccc(-c2cc(NCC3CCCNC3)c3ccccc3n2)cc1. The fourth-order valence-corrected chi connectivity index (χ4v) is 3.58. The van der Waals surface area contributed by atoms with Crippen LogP contribution in [0.25, 0.3) is 22.2 Å². The van der Waals surface area contributed by atoms with E-state index in [4.69, 9.17) is 9.72 Å². The lowest BCUT2D eigenvalue weighted by Crippen LogP contribution is -2.33. The third kappa shape index (κ3) is 3.65. The van der Waals surface area contributed by atoms with E-state index in [1.54, 1.807) is 7.11 Å². The van der Waals surface area contributed by atoms with Gasteiger partial charge in [0.25, 0.3) is 0 Å². The summed E-state index contributed by atoms with van der Waals surface area (Å²) in [5.41, 5.74) is 4.26. The monoisotopic (exact) mass is 347 g/mol. The number of nitrogens with zero attached hydrogens (tertiary/aromatic N) is 1. The molecule has 0 amide bonds. The molecule has 1 aromatic heterocycles. The Morgan fingerprint density at radius 3 is 2.77 bits per heavy atom. The molecule has 1 atom stereocenters. The Hall–Kier alpha value is -2.59. The summed E-state index contributed by atoms with van der Waals surface area (Å²) in [6.45, 7) is 3.24. The van der Waals surface area contributed by atoms with Gasteiger partial charge in [0.15, 0.2) is 0 Å². The summed E-state index contributed by atoms with van der Waals surface area (Å²) in [6, 6.07) is 18.6. The van der Waals surface area contributed by atoms with E-state index in [0.29, 0.717) is 5.92 Å². The zero-order valence-corrected chi connectivity index (χ0v) is 15.2. The second-order valence-electron chi connectivity index (χ2n) is 6.89. The van der Waals surface area contributed by atoms with Crippen LogP contribution in [-0.2, 0) is 0 Å². The Morgan fingerprint density at radius 2 is 2.00 bits per heavy atom. The van der Waals surface area contributed by atoms with E-state index in [9.17, 15) is 0 Å². The average molecular weight is 347 g/mol. The van der Waals surface area contributed by atoms with Crippen LogP contribution in [0.3, 0.4) is 0 Å². The molecule has 0 aliphatic carbocycles. The highest BCUT2D eigenvalue weighted by Gasteiger charge is 2.14. The number of nitrogens with one attached hydrogen (secondary N) is 2. The summed E-state index contributed by atoms with van der Waals surface area (Å²) in [4.78, 5) is 4.86. The Morgan fingerprint density at radius 1 is 1.15 bits per heavy atom. The van der Waals surface area contributed by atoms with Crippen LogP contribution < -0.4 is 15.4 Å². The molecule has 1 unspecified atom stereocenters. The normalized spacial score (nSPS) is 17.2. The van der Waals surface area contributed by atoms with E-state index < -0.39 is 0 Å². The third-order valence-corrected chi connectivity index (χ3v) is 5.08. The molecular formula is C22H25N3O. The molecule has 4 heteroatoms. The fraction of sp³-hybridized carbons (Fsp3) is 0.318. The average Bonchev–Trinajstić information content (AvgIpc) is 2.72. The first-order chi connectivity index (χ1) is 12.8. The minimum Gasteiger partial charge on any atom is -0.497 e. The van der Waals surface area contributed by atoms with E-state index in [-0.39, 0.29) is 0 Å². The zero-order chi connectivity index (χ0) is 17.8. The van der Waals surface area contributed by atoms with Crippen molar-refractivity contribution >= 4 is 16.6 Å². The van der Waals surface area contributed by atoms with E-state index in [1.807, 2.05) is 18.2 Å². The van der Waals surface area contributed by atoms with Gasteiger partial charge in [0.2, 0.25) is 0 Å². The van der Waals surface area contributed by atoms with Crippen molar-refractivity contribution in [3.63, 3.8) is 0 Å². The van der Waals surface area contributed by atoms with Crippen LogP contribution in [-0.4, -0.2) is 31.7 Å². The van der Waals surface area contributed by atoms with Crippen LogP contribution in [0.5, 0.6) is 5.75 Å². The standard InChI is InChI=1S/C22H25N3O/c1-26-18-10-8-17(9-11-18)21-13-22(19-6-2-3-7-20(19)25-21)24-15-16-5-4-12-23-14-16/h2-3,6-11,13,16,23H,4-5,12,14-15H2,1H3,(H,24,25). The first-order valence-corrected chi connectivity index (χ1v) is 9.32.